The van der Waals surface area contributed by atoms with Crippen LogP contribution >= 0.6 is 11.6 Å². The highest BCUT2D eigenvalue weighted by Gasteiger charge is 2.21. The highest BCUT2D eigenvalue weighted by molar-refractivity contribution is 6.30. The number of rotatable bonds is 6. The van der Waals surface area contributed by atoms with Crippen LogP contribution < -0.4 is 10.1 Å². The van der Waals surface area contributed by atoms with Crippen LogP contribution in [0.2, 0.25) is 5.02 Å². The fourth-order valence-electron chi connectivity index (χ4n) is 2.66. The number of carbonyl (C=O) groups excluding carboxylic acids is 1. The third-order valence-electron chi connectivity index (χ3n) is 4.39. The predicted octanol–water partition coefficient (Wildman–Crippen LogP) is 5.67. The topological polar surface area (TPSA) is 38.3 Å². The quantitative estimate of drug-likeness (QED) is 0.708. The predicted molar refractivity (Wildman–Crippen MR) is 108 cm³/mol. The number of hydrogen-bond acceptors (Lipinski definition) is 2. The summed E-state index contributed by atoms with van der Waals surface area (Å²) in [5, 5.41) is 3.69. The van der Waals surface area contributed by atoms with E-state index < -0.39 is 6.10 Å². The van der Waals surface area contributed by atoms with Crippen molar-refractivity contribution in [3.05, 3.63) is 64.7 Å². The molecule has 0 spiro atoms. The molecular weight excluding hydrogens is 346 g/mol. The van der Waals surface area contributed by atoms with Gasteiger partial charge < -0.3 is 10.1 Å². The third-order valence-corrected chi connectivity index (χ3v) is 4.64. The molecule has 2 atom stereocenters. The van der Waals surface area contributed by atoms with E-state index in [9.17, 15) is 4.79 Å². The average Bonchev–Trinajstić information content (AvgIpc) is 2.60. The number of hydrogen-bond donors (Lipinski definition) is 1. The molecule has 2 aromatic carbocycles. The van der Waals surface area contributed by atoms with Crippen molar-refractivity contribution in [3.8, 4) is 5.75 Å². The lowest BCUT2D eigenvalue weighted by atomic mass is 9.86. The minimum absolute atomic E-state index is 0.0839. The summed E-state index contributed by atoms with van der Waals surface area (Å²) in [6, 6.07) is 15.4. The monoisotopic (exact) mass is 373 g/mol. The van der Waals surface area contributed by atoms with Crippen LogP contribution in [0.3, 0.4) is 0 Å². The summed E-state index contributed by atoms with van der Waals surface area (Å²) in [4.78, 5) is 12.6. The van der Waals surface area contributed by atoms with Gasteiger partial charge in [-0.1, -0.05) is 63.6 Å². The van der Waals surface area contributed by atoms with Gasteiger partial charge in [0.05, 0.1) is 6.04 Å². The van der Waals surface area contributed by atoms with E-state index in [0.717, 1.165) is 5.56 Å². The minimum Gasteiger partial charge on any atom is -0.481 e. The Morgan fingerprint density at radius 3 is 2.15 bits per heavy atom. The smallest absolute Gasteiger partial charge is 0.261 e. The molecule has 1 amide bonds. The summed E-state index contributed by atoms with van der Waals surface area (Å²) in [7, 11) is 0. The summed E-state index contributed by atoms with van der Waals surface area (Å²) in [6.07, 6.45) is 0.0527. The van der Waals surface area contributed by atoms with E-state index in [1.807, 2.05) is 13.8 Å². The van der Waals surface area contributed by atoms with E-state index in [-0.39, 0.29) is 17.4 Å². The molecule has 0 aliphatic carbocycles. The van der Waals surface area contributed by atoms with Gasteiger partial charge in [0.15, 0.2) is 6.10 Å². The summed E-state index contributed by atoms with van der Waals surface area (Å²) in [5.74, 6) is 0.522. The maximum Gasteiger partial charge on any atom is 0.261 e. The second kappa shape index (κ2) is 8.59. The van der Waals surface area contributed by atoms with E-state index in [4.69, 9.17) is 16.3 Å². The fraction of sp³-hybridized carbons (Fsp3) is 0.409. The lowest BCUT2D eigenvalue weighted by Gasteiger charge is -2.22. The second-order valence-corrected chi connectivity index (χ2v) is 8.01. The molecule has 0 heterocycles. The van der Waals surface area contributed by atoms with Crippen molar-refractivity contribution in [2.45, 2.75) is 58.6 Å². The highest BCUT2D eigenvalue weighted by atomic mass is 35.5. The molecular formula is C22H28ClNO2. The molecule has 0 aliphatic rings. The Kier molecular flexibility index (Phi) is 6.71. The average molecular weight is 374 g/mol. The first-order valence-electron chi connectivity index (χ1n) is 9.03. The first kappa shape index (κ1) is 20.3. The standard InChI is InChI=1S/C22H28ClNO2/c1-6-20(26-19-13-11-18(23)12-14-19)21(25)24-15(2)16-7-9-17(10-8-16)22(3,4)5/h7-15,20H,6H2,1-5H3,(H,24,25)/t15-,20+/m0/s1. The van der Waals surface area contributed by atoms with Crippen molar-refractivity contribution in [2.24, 2.45) is 0 Å². The Morgan fingerprint density at radius 2 is 1.65 bits per heavy atom. The minimum atomic E-state index is -0.535. The fourth-order valence-corrected chi connectivity index (χ4v) is 2.79. The molecule has 1 N–H and O–H groups in total. The Morgan fingerprint density at radius 1 is 1.08 bits per heavy atom. The summed E-state index contributed by atoms with van der Waals surface area (Å²) >= 11 is 5.89. The molecule has 140 valence electrons. The number of ether oxygens (including phenoxy) is 1. The lowest BCUT2D eigenvalue weighted by Crippen LogP contribution is -2.39. The molecule has 0 fully saturated rings. The van der Waals surface area contributed by atoms with Gasteiger partial charge in [0.25, 0.3) is 5.91 Å². The molecule has 0 aliphatic heterocycles. The van der Waals surface area contributed by atoms with Gasteiger partial charge in [-0.15, -0.1) is 0 Å². The van der Waals surface area contributed by atoms with E-state index in [0.29, 0.717) is 17.2 Å². The van der Waals surface area contributed by atoms with Crippen molar-refractivity contribution in [1.29, 1.82) is 0 Å². The van der Waals surface area contributed by atoms with E-state index >= 15 is 0 Å². The Labute approximate surface area is 161 Å². The van der Waals surface area contributed by atoms with Crippen LogP contribution in [0.1, 0.15) is 58.2 Å². The molecule has 4 heteroatoms. The Hall–Kier alpha value is -2.00. The Bertz CT molecular complexity index is 717. The van der Waals surface area contributed by atoms with Crippen LogP contribution in [0.15, 0.2) is 48.5 Å². The Balaban J connectivity index is 2.00. The summed E-state index contributed by atoms with van der Waals surface area (Å²) in [5.41, 5.74) is 2.47. The molecule has 26 heavy (non-hydrogen) atoms. The largest absolute Gasteiger partial charge is 0.481 e. The van der Waals surface area contributed by atoms with Gasteiger partial charge in [0.1, 0.15) is 5.75 Å². The van der Waals surface area contributed by atoms with Crippen LogP contribution in [-0.2, 0) is 10.2 Å². The van der Waals surface area contributed by atoms with Gasteiger partial charge >= 0.3 is 0 Å². The molecule has 3 nitrogen and oxygen atoms in total. The molecule has 0 saturated carbocycles. The number of carbonyl (C=O) groups is 1. The van der Waals surface area contributed by atoms with Crippen molar-refractivity contribution in [2.75, 3.05) is 0 Å². The van der Waals surface area contributed by atoms with Gasteiger partial charge in [-0.3, -0.25) is 4.79 Å². The first-order valence-corrected chi connectivity index (χ1v) is 9.41. The molecule has 0 saturated heterocycles. The van der Waals surface area contributed by atoms with E-state index in [2.05, 4.69) is 50.4 Å². The zero-order chi connectivity index (χ0) is 19.3. The first-order chi connectivity index (χ1) is 12.2. The van der Waals surface area contributed by atoms with Crippen LogP contribution in [0.4, 0.5) is 0 Å². The number of nitrogens with one attached hydrogen (secondary N) is 1. The second-order valence-electron chi connectivity index (χ2n) is 7.57. The summed E-state index contributed by atoms with van der Waals surface area (Å²) in [6.45, 7) is 10.5. The van der Waals surface area contributed by atoms with Gasteiger partial charge in [-0.2, -0.15) is 0 Å². The van der Waals surface area contributed by atoms with E-state index in [1.54, 1.807) is 24.3 Å². The van der Waals surface area contributed by atoms with Gasteiger partial charge in [-0.25, -0.2) is 0 Å². The molecule has 0 aromatic heterocycles. The van der Waals surface area contributed by atoms with Crippen LogP contribution in [-0.4, -0.2) is 12.0 Å². The van der Waals surface area contributed by atoms with Crippen molar-refractivity contribution in [1.82, 2.24) is 5.32 Å². The maximum absolute atomic E-state index is 12.6. The van der Waals surface area contributed by atoms with Crippen LogP contribution in [0, 0.1) is 0 Å². The molecule has 2 aromatic rings. The maximum atomic E-state index is 12.6. The molecule has 0 unspecified atom stereocenters. The van der Waals surface area contributed by atoms with Crippen molar-refractivity contribution >= 4 is 17.5 Å². The van der Waals surface area contributed by atoms with Crippen molar-refractivity contribution < 1.29 is 9.53 Å². The molecule has 0 bridgehead atoms. The normalized spacial score (nSPS) is 13.8. The van der Waals surface area contributed by atoms with Gasteiger partial charge in [-0.05, 0) is 54.2 Å². The molecule has 2 rings (SSSR count). The molecule has 0 radical (unpaired) electrons. The van der Waals surface area contributed by atoms with Gasteiger partial charge in [0.2, 0.25) is 0 Å². The third kappa shape index (κ3) is 5.50. The number of benzene rings is 2. The summed E-state index contributed by atoms with van der Waals surface area (Å²) < 4.78 is 5.81. The zero-order valence-electron chi connectivity index (χ0n) is 16.2. The van der Waals surface area contributed by atoms with Gasteiger partial charge in [0, 0.05) is 5.02 Å². The van der Waals surface area contributed by atoms with Crippen molar-refractivity contribution in [3.63, 3.8) is 0 Å². The zero-order valence-corrected chi connectivity index (χ0v) is 16.9. The van der Waals surface area contributed by atoms with E-state index in [1.165, 1.54) is 5.56 Å². The number of amides is 1. The van der Waals surface area contributed by atoms with Crippen LogP contribution in [0.25, 0.3) is 0 Å². The highest BCUT2D eigenvalue weighted by Crippen LogP contribution is 2.24. The number of halogens is 1. The SMILES string of the molecule is CC[C@@H](Oc1ccc(Cl)cc1)C(=O)N[C@@H](C)c1ccc(C(C)(C)C)cc1. The van der Waals surface area contributed by atoms with Crippen LogP contribution in [0.5, 0.6) is 5.75 Å². The lowest BCUT2D eigenvalue weighted by molar-refractivity contribution is -0.128.